The summed E-state index contributed by atoms with van der Waals surface area (Å²) < 4.78 is 26.0. The van der Waals surface area contributed by atoms with Crippen LogP contribution < -0.4 is 10.0 Å². The minimum Gasteiger partial charge on any atom is -0.480 e. The Morgan fingerprint density at radius 3 is 2.21 bits per heavy atom. The summed E-state index contributed by atoms with van der Waals surface area (Å²) >= 11 is 0. The van der Waals surface area contributed by atoms with Gasteiger partial charge in [0.1, 0.15) is 6.04 Å². The quantitative estimate of drug-likeness (QED) is 0.614. The van der Waals surface area contributed by atoms with E-state index >= 15 is 0 Å². The van der Waals surface area contributed by atoms with E-state index in [4.69, 9.17) is 5.11 Å². The van der Waals surface area contributed by atoms with Crippen molar-refractivity contribution in [3.05, 3.63) is 29.8 Å². The molecule has 0 unspecified atom stereocenters. The molecule has 0 fully saturated rings. The molecule has 0 aromatic heterocycles. The number of carboxylic acid groups (broad SMARTS) is 1. The van der Waals surface area contributed by atoms with Gasteiger partial charge in [0.15, 0.2) is 0 Å². The second-order valence-corrected chi connectivity index (χ2v) is 7.68. The molecule has 7 nitrogen and oxygen atoms in total. The number of hydrogen-bond donors (Lipinski definition) is 3. The zero-order valence-electron chi connectivity index (χ0n) is 14.1. The molecule has 0 heterocycles. The normalized spacial score (nSPS) is 12.8. The minimum absolute atomic E-state index is 0.0105. The largest absolute Gasteiger partial charge is 0.480 e. The Balaban J connectivity index is 2.72. The topological polar surface area (TPSA) is 113 Å². The average Bonchev–Trinajstić information content (AvgIpc) is 2.46. The maximum Gasteiger partial charge on any atom is 0.326 e. The molecule has 0 bridgehead atoms. The van der Waals surface area contributed by atoms with Crippen molar-refractivity contribution < 1.29 is 23.1 Å². The van der Waals surface area contributed by atoms with Crippen molar-refractivity contribution in [2.24, 2.45) is 5.92 Å². The second-order valence-electron chi connectivity index (χ2n) is 5.91. The van der Waals surface area contributed by atoms with Crippen LogP contribution in [0.5, 0.6) is 0 Å². The van der Waals surface area contributed by atoms with Crippen LogP contribution in [0, 0.1) is 5.92 Å². The van der Waals surface area contributed by atoms with Gasteiger partial charge in [0.2, 0.25) is 15.9 Å². The molecule has 8 heteroatoms. The number of carboxylic acids is 1. The summed E-state index contributed by atoms with van der Waals surface area (Å²) in [4.78, 5) is 23.3. The van der Waals surface area contributed by atoms with Gasteiger partial charge in [-0.2, -0.15) is 0 Å². The van der Waals surface area contributed by atoms with Crippen molar-refractivity contribution in [3.8, 4) is 0 Å². The van der Waals surface area contributed by atoms with E-state index in [1.54, 1.807) is 19.1 Å². The smallest absolute Gasteiger partial charge is 0.326 e. The summed E-state index contributed by atoms with van der Waals surface area (Å²) in [5.74, 6) is -1.34. The van der Waals surface area contributed by atoms with Crippen molar-refractivity contribution in [1.29, 1.82) is 0 Å². The van der Waals surface area contributed by atoms with Gasteiger partial charge >= 0.3 is 5.97 Å². The lowest BCUT2D eigenvalue weighted by molar-refractivity contribution is -0.142. The molecule has 1 aromatic rings. The van der Waals surface area contributed by atoms with E-state index in [2.05, 4.69) is 10.0 Å². The summed E-state index contributed by atoms with van der Waals surface area (Å²) in [5.41, 5.74) is 0.608. The molecule has 24 heavy (non-hydrogen) atoms. The summed E-state index contributed by atoms with van der Waals surface area (Å²) in [6.45, 7) is 5.74. The minimum atomic E-state index is -3.53. The number of carbonyl (C=O) groups is 2. The zero-order valence-corrected chi connectivity index (χ0v) is 14.9. The van der Waals surface area contributed by atoms with Gasteiger partial charge in [-0.25, -0.2) is 17.9 Å². The summed E-state index contributed by atoms with van der Waals surface area (Å²) in [5, 5.41) is 11.6. The number of aliphatic carboxylic acids is 1. The number of sulfonamides is 1. The molecule has 134 valence electrons. The molecule has 0 saturated heterocycles. The van der Waals surface area contributed by atoms with Gasteiger partial charge < -0.3 is 10.4 Å². The maximum atomic E-state index is 12.0. The lowest BCUT2D eigenvalue weighted by atomic mass is 10.0. The second kappa shape index (κ2) is 8.79. The Kier molecular flexibility index (Phi) is 7.37. The van der Waals surface area contributed by atoms with Crippen LogP contribution in [0.25, 0.3) is 0 Å². The van der Waals surface area contributed by atoms with E-state index in [9.17, 15) is 18.0 Å². The van der Waals surface area contributed by atoms with Gasteiger partial charge in [-0.1, -0.05) is 32.9 Å². The van der Waals surface area contributed by atoms with E-state index < -0.39 is 27.9 Å². The predicted octanol–water partition coefficient (Wildman–Crippen LogP) is 1.14. The zero-order chi connectivity index (χ0) is 18.3. The first kappa shape index (κ1) is 20.1. The number of rotatable bonds is 9. The summed E-state index contributed by atoms with van der Waals surface area (Å²) in [7, 11) is -3.53. The Labute approximate surface area is 142 Å². The van der Waals surface area contributed by atoms with E-state index in [1.807, 2.05) is 13.8 Å². The van der Waals surface area contributed by atoms with Gasteiger partial charge in [-0.3, -0.25) is 4.79 Å². The van der Waals surface area contributed by atoms with E-state index in [0.717, 1.165) is 0 Å². The molecule has 1 atom stereocenters. The highest BCUT2D eigenvalue weighted by molar-refractivity contribution is 7.89. The first-order valence-corrected chi connectivity index (χ1v) is 9.24. The van der Waals surface area contributed by atoms with Crippen molar-refractivity contribution in [1.82, 2.24) is 10.0 Å². The fraction of sp³-hybridized carbons (Fsp3) is 0.500. The number of amides is 1. The van der Waals surface area contributed by atoms with E-state index in [1.165, 1.54) is 12.1 Å². The number of hydrogen-bond acceptors (Lipinski definition) is 4. The van der Waals surface area contributed by atoms with Crippen molar-refractivity contribution in [2.45, 2.75) is 44.6 Å². The third kappa shape index (κ3) is 6.29. The highest BCUT2D eigenvalue weighted by Crippen LogP contribution is 2.11. The molecule has 0 aliphatic rings. The standard InChI is InChI=1S/C16H24N2O5S/c1-4-17-24(22,23)13-7-5-12(6-8-13)10-15(19)18-14(16(20)21)9-11(2)3/h5-8,11,14,17H,4,9-10H2,1-3H3,(H,18,19)(H,20,21)/t14-/m1/s1. The SMILES string of the molecule is CCNS(=O)(=O)c1ccc(CC(=O)N[C@H](CC(C)C)C(=O)O)cc1. The fourth-order valence-electron chi connectivity index (χ4n) is 2.18. The molecule has 3 N–H and O–H groups in total. The lowest BCUT2D eigenvalue weighted by Crippen LogP contribution is -2.42. The van der Waals surface area contributed by atoms with Crippen LogP contribution in [-0.4, -0.2) is 38.0 Å². The molecule has 0 saturated carbocycles. The number of benzene rings is 1. The number of nitrogens with one attached hydrogen (secondary N) is 2. The van der Waals surface area contributed by atoms with Crippen molar-refractivity contribution in [3.63, 3.8) is 0 Å². The molecule has 1 aromatic carbocycles. The van der Waals surface area contributed by atoms with Crippen LogP contribution in [0.1, 0.15) is 32.8 Å². The summed E-state index contributed by atoms with van der Waals surface area (Å²) in [6.07, 6.45) is 0.338. The van der Waals surface area contributed by atoms with Crippen molar-refractivity contribution in [2.75, 3.05) is 6.54 Å². The third-order valence-electron chi connectivity index (χ3n) is 3.27. The van der Waals surface area contributed by atoms with Gasteiger partial charge in [-0.05, 0) is 30.0 Å². The Morgan fingerprint density at radius 2 is 1.75 bits per heavy atom. The van der Waals surface area contributed by atoms with Crippen LogP contribution in [-0.2, 0) is 26.0 Å². The van der Waals surface area contributed by atoms with Crippen molar-refractivity contribution >= 4 is 21.9 Å². The molecule has 1 rings (SSSR count). The van der Waals surface area contributed by atoms with E-state index in [-0.39, 0.29) is 17.2 Å². The first-order chi connectivity index (χ1) is 11.2. The van der Waals surface area contributed by atoms with Gasteiger partial charge in [-0.15, -0.1) is 0 Å². The molecule has 0 radical (unpaired) electrons. The monoisotopic (exact) mass is 356 g/mol. The lowest BCUT2D eigenvalue weighted by Gasteiger charge is -2.16. The van der Waals surface area contributed by atoms with E-state index in [0.29, 0.717) is 18.5 Å². The van der Waals surface area contributed by atoms with Gasteiger partial charge in [0.25, 0.3) is 0 Å². The molecule has 0 spiro atoms. The van der Waals surface area contributed by atoms with Crippen LogP contribution >= 0.6 is 0 Å². The molecular formula is C16H24N2O5S. The van der Waals surface area contributed by atoms with Gasteiger partial charge in [0, 0.05) is 6.54 Å². The molecular weight excluding hydrogens is 332 g/mol. The molecule has 0 aliphatic carbocycles. The Bertz CT molecular complexity index is 668. The van der Waals surface area contributed by atoms with Crippen LogP contribution in [0.15, 0.2) is 29.2 Å². The van der Waals surface area contributed by atoms with Gasteiger partial charge in [0.05, 0.1) is 11.3 Å². The highest BCUT2D eigenvalue weighted by atomic mass is 32.2. The maximum absolute atomic E-state index is 12.0. The molecule has 0 aliphatic heterocycles. The third-order valence-corrected chi connectivity index (χ3v) is 4.83. The number of carbonyl (C=O) groups excluding carboxylic acids is 1. The predicted molar refractivity (Wildman–Crippen MR) is 90.0 cm³/mol. The summed E-state index contributed by atoms with van der Waals surface area (Å²) in [6, 6.07) is 5.00. The first-order valence-electron chi connectivity index (χ1n) is 7.76. The Morgan fingerprint density at radius 1 is 1.17 bits per heavy atom. The van der Waals surface area contributed by atoms with Crippen LogP contribution in [0.2, 0.25) is 0 Å². The Hall–Kier alpha value is -1.93. The fourth-order valence-corrected chi connectivity index (χ4v) is 3.22. The molecule has 1 amide bonds. The van der Waals surface area contributed by atoms with Crippen LogP contribution in [0.3, 0.4) is 0 Å². The highest BCUT2D eigenvalue weighted by Gasteiger charge is 2.21. The average molecular weight is 356 g/mol. The van der Waals surface area contributed by atoms with Crippen LogP contribution in [0.4, 0.5) is 0 Å².